The Labute approximate surface area is 97.2 Å². The first-order chi connectivity index (χ1) is 7.68. The lowest BCUT2D eigenvalue weighted by atomic mass is 10.1. The van der Waals surface area contributed by atoms with E-state index in [2.05, 4.69) is 9.97 Å². The highest BCUT2D eigenvalue weighted by atomic mass is 32.1. The number of hydrogen-bond donors (Lipinski definition) is 1. The lowest BCUT2D eigenvalue weighted by Crippen LogP contribution is -2.19. The SMILES string of the molecule is CC(C(N)=O)c1ccc(-c2nccs2)cn1. The van der Waals surface area contributed by atoms with Crippen molar-refractivity contribution in [2.75, 3.05) is 0 Å². The van der Waals surface area contributed by atoms with E-state index in [0.29, 0.717) is 5.69 Å². The molecule has 0 aliphatic carbocycles. The van der Waals surface area contributed by atoms with Gasteiger partial charge in [-0.3, -0.25) is 9.78 Å². The van der Waals surface area contributed by atoms with Gasteiger partial charge in [0.25, 0.3) is 0 Å². The van der Waals surface area contributed by atoms with Crippen molar-refractivity contribution in [3.8, 4) is 10.6 Å². The summed E-state index contributed by atoms with van der Waals surface area (Å²) in [5.74, 6) is -0.722. The first kappa shape index (κ1) is 10.8. The molecule has 1 amide bonds. The van der Waals surface area contributed by atoms with E-state index in [1.165, 1.54) is 0 Å². The highest BCUT2D eigenvalue weighted by molar-refractivity contribution is 7.13. The molecule has 0 fully saturated rings. The summed E-state index contributed by atoms with van der Waals surface area (Å²) in [6, 6.07) is 3.72. The highest BCUT2D eigenvalue weighted by Gasteiger charge is 2.13. The van der Waals surface area contributed by atoms with Gasteiger partial charge in [0.2, 0.25) is 5.91 Å². The molecule has 1 unspecified atom stereocenters. The molecule has 16 heavy (non-hydrogen) atoms. The standard InChI is InChI=1S/C11H11N3OS/c1-7(10(12)15)9-3-2-8(6-14-9)11-13-4-5-16-11/h2-7H,1H3,(H2,12,15). The van der Waals surface area contributed by atoms with Crippen molar-refractivity contribution in [1.29, 1.82) is 0 Å². The summed E-state index contributed by atoms with van der Waals surface area (Å²) < 4.78 is 0. The molecule has 1 atom stereocenters. The molecule has 5 heteroatoms. The molecule has 2 rings (SSSR count). The van der Waals surface area contributed by atoms with Crippen LogP contribution in [-0.4, -0.2) is 15.9 Å². The maximum Gasteiger partial charge on any atom is 0.226 e. The lowest BCUT2D eigenvalue weighted by Gasteiger charge is -2.06. The van der Waals surface area contributed by atoms with Crippen LogP contribution >= 0.6 is 11.3 Å². The number of nitrogens with zero attached hydrogens (tertiary/aromatic N) is 2. The number of carbonyl (C=O) groups excluding carboxylic acids is 1. The Morgan fingerprint density at radius 1 is 1.44 bits per heavy atom. The zero-order valence-electron chi connectivity index (χ0n) is 8.75. The fourth-order valence-corrected chi connectivity index (χ4v) is 1.93. The van der Waals surface area contributed by atoms with Crippen LogP contribution in [0, 0.1) is 0 Å². The maximum absolute atomic E-state index is 11.0. The van der Waals surface area contributed by atoms with E-state index in [9.17, 15) is 4.79 Å². The molecule has 0 spiro atoms. The van der Waals surface area contributed by atoms with Gasteiger partial charge in [0, 0.05) is 23.3 Å². The fourth-order valence-electron chi connectivity index (χ4n) is 1.30. The van der Waals surface area contributed by atoms with Gasteiger partial charge in [-0.15, -0.1) is 11.3 Å². The van der Waals surface area contributed by atoms with Crippen molar-refractivity contribution in [3.63, 3.8) is 0 Å². The zero-order valence-corrected chi connectivity index (χ0v) is 9.57. The summed E-state index contributed by atoms with van der Waals surface area (Å²) in [6.07, 6.45) is 3.47. The van der Waals surface area contributed by atoms with Crippen LogP contribution in [0.25, 0.3) is 10.6 Å². The van der Waals surface area contributed by atoms with Crippen LogP contribution in [0.15, 0.2) is 29.9 Å². The van der Waals surface area contributed by atoms with Crippen molar-refractivity contribution in [1.82, 2.24) is 9.97 Å². The van der Waals surface area contributed by atoms with E-state index in [-0.39, 0.29) is 11.8 Å². The Balaban J connectivity index is 2.26. The molecule has 2 aromatic rings. The Morgan fingerprint density at radius 3 is 2.75 bits per heavy atom. The van der Waals surface area contributed by atoms with Crippen LogP contribution in [0.5, 0.6) is 0 Å². The summed E-state index contributed by atoms with van der Waals surface area (Å²) in [7, 11) is 0. The lowest BCUT2D eigenvalue weighted by molar-refractivity contribution is -0.119. The van der Waals surface area contributed by atoms with E-state index < -0.39 is 0 Å². The monoisotopic (exact) mass is 233 g/mol. The Bertz CT molecular complexity index is 478. The molecule has 4 nitrogen and oxygen atoms in total. The summed E-state index contributed by atoms with van der Waals surface area (Å²) in [5.41, 5.74) is 6.85. The summed E-state index contributed by atoms with van der Waals surface area (Å²) in [5, 5.41) is 2.83. The molecule has 0 radical (unpaired) electrons. The normalized spacial score (nSPS) is 12.3. The molecule has 82 valence electrons. The molecule has 0 saturated carbocycles. The minimum Gasteiger partial charge on any atom is -0.369 e. The Morgan fingerprint density at radius 2 is 2.25 bits per heavy atom. The number of thiazole rings is 1. The van der Waals surface area contributed by atoms with E-state index in [1.54, 1.807) is 30.7 Å². The van der Waals surface area contributed by atoms with Crippen LogP contribution in [0.4, 0.5) is 0 Å². The Kier molecular flexibility index (Phi) is 2.96. The van der Waals surface area contributed by atoms with Crippen LogP contribution < -0.4 is 5.73 Å². The minimum absolute atomic E-state index is 0.356. The van der Waals surface area contributed by atoms with Crippen LogP contribution in [0.1, 0.15) is 18.5 Å². The van der Waals surface area contributed by atoms with Crippen LogP contribution in [-0.2, 0) is 4.79 Å². The third kappa shape index (κ3) is 2.09. The maximum atomic E-state index is 11.0. The third-order valence-electron chi connectivity index (χ3n) is 2.34. The minimum atomic E-state index is -0.366. The number of aromatic nitrogens is 2. The molecule has 0 aromatic carbocycles. The molecule has 0 saturated heterocycles. The van der Waals surface area contributed by atoms with Crippen LogP contribution in [0.3, 0.4) is 0 Å². The largest absolute Gasteiger partial charge is 0.369 e. The zero-order chi connectivity index (χ0) is 11.5. The summed E-state index contributed by atoms with van der Waals surface area (Å²) in [6.45, 7) is 1.74. The average molecular weight is 233 g/mol. The van der Waals surface area contributed by atoms with Crippen molar-refractivity contribution in [3.05, 3.63) is 35.6 Å². The molecule has 2 N–H and O–H groups in total. The van der Waals surface area contributed by atoms with E-state index in [0.717, 1.165) is 10.6 Å². The molecule has 0 bridgehead atoms. The van der Waals surface area contributed by atoms with E-state index in [4.69, 9.17) is 5.73 Å². The average Bonchev–Trinajstić information content (AvgIpc) is 2.81. The van der Waals surface area contributed by atoms with Gasteiger partial charge < -0.3 is 5.73 Å². The van der Waals surface area contributed by atoms with Gasteiger partial charge >= 0.3 is 0 Å². The topological polar surface area (TPSA) is 68.9 Å². The van der Waals surface area contributed by atoms with Gasteiger partial charge in [-0.1, -0.05) is 0 Å². The van der Waals surface area contributed by atoms with Crippen molar-refractivity contribution in [2.45, 2.75) is 12.8 Å². The predicted octanol–water partition coefficient (Wildman–Crippen LogP) is 1.79. The molecule has 2 heterocycles. The number of rotatable bonds is 3. The fraction of sp³-hybridized carbons (Fsp3) is 0.182. The van der Waals surface area contributed by atoms with Gasteiger partial charge in [-0.2, -0.15) is 0 Å². The number of hydrogen-bond acceptors (Lipinski definition) is 4. The van der Waals surface area contributed by atoms with Gasteiger partial charge in [0.1, 0.15) is 5.01 Å². The second kappa shape index (κ2) is 4.40. The van der Waals surface area contributed by atoms with E-state index >= 15 is 0 Å². The number of amides is 1. The predicted molar refractivity (Wildman–Crippen MR) is 63.0 cm³/mol. The van der Waals surface area contributed by atoms with Crippen molar-refractivity contribution < 1.29 is 4.79 Å². The van der Waals surface area contributed by atoms with Gasteiger partial charge in [-0.25, -0.2) is 4.98 Å². The van der Waals surface area contributed by atoms with Crippen LogP contribution in [0.2, 0.25) is 0 Å². The second-order valence-corrected chi connectivity index (χ2v) is 4.33. The third-order valence-corrected chi connectivity index (χ3v) is 3.16. The highest BCUT2D eigenvalue weighted by Crippen LogP contribution is 2.22. The summed E-state index contributed by atoms with van der Waals surface area (Å²) >= 11 is 1.55. The molecule has 0 aliphatic rings. The number of nitrogens with two attached hydrogens (primary N) is 1. The number of primary amides is 1. The van der Waals surface area contributed by atoms with Gasteiger partial charge in [0.05, 0.1) is 11.6 Å². The second-order valence-electron chi connectivity index (χ2n) is 3.43. The van der Waals surface area contributed by atoms with Gasteiger partial charge in [0.15, 0.2) is 0 Å². The number of carbonyl (C=O) groups is 1. The Hall–Kier alpha value is -1.75. The number of pyridine rings is 1. The van der Waals surface area contributed by atoms with Crippen molar-refractivity contribution >= 4 is 17.2 Å². The smallest absolute Gasteiger partial charge is 0.226 e. The summed E-state index contributed by atoms with van der Waals surface area (Å²) in [4.78, 5) is 19.4. The van der Waals surface area contributed by atoms with Gasteiger partial charge in [-0.05, 0) is 19.1 Å². The first-order valence-electron chi connectivity index (χ1n) is 4.83. The molecule has 0 aliphatic heterocycles. The molecule has 2 aromatic heterocycles. The van der Waals surface area contributed by atoms with Crippen molar-refractivity contribution in [2.24, 2.45) is 5.73 Å². The van der Waals surface area contributed by atoms with E-state index in [1.807, 2.05) is 17.5 Å². The first-order valence-corrected chi connectivity index (χ1v) is 5.71. The quantitative estimate of drug-likeness (QED) is 0.878. The molecular weight excluding hydrogens is 222 g/mol. The molecular formula is C11H11N3OS.